The SMILES string of the molecule is COc1ccc(C)c(CCCO)c1OC. The van der Waals surface area contributed by atoms with Crippen molar-refractivity contribution in [2.24, 2.45) is 0 Å². The van der Waals surface area contributed by atoms with E-state index in [0.29, 0.717) is 0 Å². The summed E-state index contributed by atoms with van der Waals surface area (Å²) in [5.41, 5.74) is 2.28. The Morgan fingerprint density at radius 1 is 1.20 bits per heavy atom. The Balaban J connectivity index is 3.07. The highest BCUT2D eigenvalue weighted by Crippen LogP contribution is 2.33. The molecule has 1 N–H and O–H groups in total. The number of aliphatic hydroxyl groups excluding tert-OH is 1. The molecule has 0 spiro atoms. The fourth-order valence-corrected chi connectivity index (χ4v) is 1.66. The average Bonchev–Trinajstić information content (AvgIpc) is 2.27. The summed E-state index contributed by atoms with van der Waals surface area (Å²) in [6.45, 7) is 2.23. The highest BCUT2D eigenvalue weighted by Gasteiger charge is 2.11. The lowest BCUT2D eigenvalue weighted by molar-refractivity contribution is 0.287. The Labute approximate surface area is 90.6 Å². The van der Waals surface area contributed by atoms with Gasteiger partial charge < -0.3 is 14.6 Å². The van der Waals surface area contributed by atoms with E-state index in [1.165, 1.54) is 5.56 Å². The van der Waals surface area contributed by atoms with Crippen LogP contribution in [0.5, 0.6) is 11.5 Å². The third kappa shape index (κ3) is 2.63. The van der Waals surface area contributed by atoms with E-state index in [1.54, 1.807) is 14.2 Å². The fraction of sp³-hybridized carbons (Fsp3) is 0.500. The van der Waals surface area contributed by atoms with Gasteiger partial charge in [-0.2, -0.15) is 0 Å². The van der Waals surface area contributed by atoms with Crippen molar-refractivity contribution < 1.29 is 14.6 Å². The van der Waals surface area contributed by atoms with Gasteiger partial charge in [-0.1, -0.05) is 6.07 Å². The standard InChI is InChI=1S/C12H18O3/c1-9-6-7-11(14-2)12(15-3)10(9)5-4-8-13/h6-7,13H,4-5,8H2,1-3H3. The number of benzene rings is 1. The quantitative estimate of drug-likeness (QED) is 0.807. The van der Waals surface area contributed by atoms with Gasteiger partial charge in [-0.05, 0) is 31.4 Å². The second kappa shape index (κ2) is 5.61. The third-order valence-electron chi connectivity index (χ3n) is 2.47. The Morgan fingerprint density at radius 2 is 1.93 bits per heavy atom. The van der Waals surface area contributed by atoms with Gasteiger partial charge in [-0.25, -0.2) is 0 Å². The zero-order valence-corrected chi connectivity index (χ0v) is 9.54. The Hall–Kier alpha value is -1.22. The molecule has 0 aliphatic heterocycles. The lowest BCUT2D eigenvalue weighted by Crippen LogP contribution is -2.00. The minimum atomic E-state index is 0.194. The van der Waals surface area contributed by atoms with Gasteiger partial charge >= 0.3 is 0 Å². The summed E-state index contributed by atoms with van der Waals surface area (Å²) in [6.07, 6.45) is 1.55. The van der Waals surface area contributed by atoms with Crippen LogP contribution in [0.2, 0.25) is 0 Å². The topological polar surface area (TPSA) is 38.7 Å². The van der Waals surface area contributed by atoms with E-state index in [2.05, 4.69) is 0 Å². The van der Waals surface area contributed by atoms with Gasteiger partial charge in [0.05, 0.1) is 14.2 Å². The van der Waals surface area contributed by atoms with Crippen LogP contribution >= 0.6 is 0 Å². The predicted octanol–water partition coefficient (Wildman–Crippen LogP) is 1.94. The molecule has 0 aromatic heterocycles. The average molecular weight is 210 g/mol. The van der Waals surface area contributed by atoms with Gasteiger partial charge in [-0.3, -0.25) is 0 Å². The summed E-state index contributed by atoms with van der Waals surface area (Å²) in [5, 5.41) is 8.84. The van der Waals surface area contributed by atoms with Gasteiger partial charge in [0, 0.05) is 12.2 Å². The lowest BCUT2D eigenvalue weighted by Gasteiger charge is -2.14. The number of methoxy groups -OCH3 is 2. The van der Waals surface area contributed by atoms with Crippen LogP contribution in [-0.4, -0.2) is 25.9 Å². The maximum Gasteiger partial charge on any atom is 0.164 e. The van der Waals surface area contributed by atoms with Crippen LogP contribution < -0.4 is 9.47 Å². The molecule has 3 nitrogen and oxygen atoms in total. The number of rotatable bonds is 5. The number of hydrogen-bond donors (Lipinski definition) is 1. The van der Waals surface area contributed by atoms with E-state index in [9.17, 15) is 0 Å². The minimum absolute atomic E-state index is 0.194. The van der Waals surface area contributed by atoms with E-state index in [0.717, 1.165) is 29.9 Å². The van der Waals surface area contributed by atoms with Gasteiger partial charge in [0.15, 0.2) is 11.5 Å². The van der Waals surface area contributed by atoms with E-state index in [1.807, 2.05) is 19.1 Å². The van der Waals surface area contributed by atoms with Crippen LogP contribution in [-0.2, 0) is 6.42 Å². The van der Waals surface area contributed by atoms with Crippen LogP contribution in [0.15, 0.2) is 12.1 Å². The maximum absolute atomic E-state index is 8.84. The number of aliphatic hydroxyl groups is 1. The van der Waals surface area contributed by atoms with E-state index < -0.39 is 0 Å². The second-order valence-corrected chi connectivity index (χ2v) is 3.42. The summed E-state index contributed by atoms with van der Waals surface area (Å²) in [4.78, 5) is 0. The summed E-state index contributed by atoms with van der Waals surface area (Å²) in [5.74, 6) is 1.53. The van der Waals surface area contributed by atoms with Crippen molar-refractivity contribution >= 4 is 0 Å². The molecule has 0 fully saturated rings. The third-order valence-corrected chi connectivity index (χ3v) is 2.47. The van der Waals surface area contributed by atoms with E-state index in [4.69, 9.17) is 14.6 Å². The Kier molecular flexibility index (Phi) is 4.43. The van der Waals surface area contributed by atoms with Gasteiger partial charge in [0.1, 0.15) is 0 Å². The molecule has 0 saturated heterocycles. The Morgan fingerprint density at radius 3 is 2.47 bits per heavy atom. The maximum atomic E-state index is 8.84. The molecule has 0 atom stereocenters. The molecule has 0 unspecified atom stereocenters. The molecule has 0 aliphatic carbocycles. The molecule has 15 heavy (non-hydrogen) atoms. The molecule has 0 radical (unpaired) electrons. The molecule has 84 valence electrons. The van der Waals surface area contributed by atoms with Gasteiger partial charge in [0.25, 0.3) is 0 Å². The summed E-state index contributed by atoms with van der Waals surface area (Å²) < 4.78 is 10.6. The lowest BCUT2D eigenvalue weighted by atomic mass is 10.0. The molecule has 3 heteroatoms. The zero-order chi connectivity index (χ0) is 11.3. The molecule has 0 heterocycles. The van der Waals surface area contributed by atoms with Crippen LogP contribution in [0, 0.1) is 6.92 Å². The normalized spacial score (nSPS) is 10.1. The second-order valence-electron chi connectivity index (χ2n) is 3.42. The molecule has 0 saturated carbocycles. The number of aryl methyl sites for hydroxylation is 1. The summed E-state index contributed by atoms with van der Waals surface area (Å²) in [6, 6.07) is 3.91. The van der Waals surface area contributed by atoms with Crippen LogP contribution in [0.25, 0.3) is 0 Å². The molecule has 1 aromatic carbocycles. The highest BCUT2D eigenvalue weighted by molar-refractivity contribution is 5.50. The summed E-state index contributed by atoms with van der Waals surface area (Å²) >= 11 is 0. The van der Waals surface area contributed by atoms with E-state index in [-0.39, 0.29) is 6.61 Å². The highest BCUT2D eigenvalue weighted by atomic mass is 16.5. The number of hydrogen-bond acceptors (Lipinski definition) is 3. The van der Waals surface area contributed by atoms with Crippen molar-refractivity contribution in [3.05, 3.63) is 23.3 Å². The first-order valence-electron chi connectivity index (χ1n) is 5.06. The minimum Gasteiger partial charge on any atom is -0.493 e. The van der Waals surface area contributed by atoms with Crippen molar-refractivity contribution in [3.63, 3.8) is 0 Å². The molecular weight excluding hydrogens is 192 g/mol. The number of ether oxygens (including phenoxy) is 2. The molecular formula is C12H18O3. The zero-order valence-electron chi connectivity index (χ0n) is 9.54. The predicted molar refractivity (Wildman–Crippen MR) is 59.7 cm³/mol. The van der Waals surface area contributed by atoms with Crippen molar-refractivity contribution in [3.8, 4) is 11.5 Å². The monoisotopic (exact) mass is 210 g/mol. The van der Waals surface area contributed by atoms with Gasteiger partial charge in [0.2, 0.25) is 0 Å². The van der Waals surface area contributed by atoms with Gasteiger partial charge in [-0.15, -0.1) is 0 Å². The molecule has 0 amide bonds. The van der Waals surface area contributed by atoms with Crippen molar-refractivity contribution in [2.75, 3.05) is 20.8 Å². The molecule has 0 bridgehead atoms. The largest absolute Gasteiger partial charge is 0.493 e. The first-order chi connectivity index (χ1) is 7.24. The van der Waals surface area contributed by atoms with Crippen molar-refractivity contribution in [1.82, 2.24) is 0 Å². The van der Waals surface area contributed by atoms with Crippen LogP contribution in [0.4, 0.5) is 0 Å². The first kappa shape index (κ1) is 11.9. The molecule has 1 aromatic rings. The van der Waals surface area contributed by atoms with Crippen LogP contribution in [0.1, 0.15) is 17.5 Å². The smallest absolute Gasteiger partial charge is 0.164 e. The molecule has 1 rings (SSSR count). The van der Waals surface area contributed by atoms with Crippen molar-refractivity contribution in [1.29, 1.82) is 0 Å². The summed E-state index contributed by atoms with van der Waals surface area (Å²) in [7, 11) is 3.27. The molecule has 0 aliphatic rings. The Bertz CT molecular complexity index is 321. The van der Waals surface area contributed by atoms with E-state index >= 15 is 0 Å². The first-order valence-corrected chi connectivity index (χ1v) is 5.06. The fourth-order valence-electron chi connectivity index (χ4n) is 1.66. The van der Waals surface area contributed by atoms with Crippen molar-refractivity contribution in [2.45, 2.75) is 19.8 Å². The van der Waals surface area contributed by atoms with Crippen LogP contribution in [0.3, 0.4) is 0 Å².